The molecule has 1 heterocycles. The summed E-state index contributed by atoms with van der Waals surface area (Å²) < 4.78 is 45.3. The fraction of sp³-hybridized carbons (Fsp3) is 0.160. The van der Waals surface area contributed by atoms with Gasteiger partial charge < -0.3 is 20.7 Å². The van der Waals surface area contributed by atoms with Crippen molar-refractivity contribution >= 4 is 52.1 Å². The molecule has 0 spiro atoms. The maximum atomic E-state index is 13.1. The van der Waals surface area contributed by atoms with Crippen molar-refractivity contribution in [3.8, 4) is 22.9 Å². The number of amides is 1. The van der Waals surface area contributed by atoms with Gasteiger partial charge in [0.25, 0.3) is 0 Å². The number of hydrogen-bond acceptors (Lipinski definition) is 6. The highest BCUT2D eigenvalue weighted by molar-refractivity contribution is 7.80. The number of hydrogen-bond donors (Lipinski definition) is 3. The van der Waals surface area contributed by atoms with Crippen LogP contribution in [0.25, 0.3) is 11.4 Å². The summed E-state index contributed by atoms with van der Waals surface area (Å²) >= 11 is 17.2. The number of tetrazole rings is 1. The van der Waals surface area contributed by atoms with Gasteiger partial charge >= 0.3 is 6.18 Å². The van der Waals surface area contributed by atoms with Crippen molar-refractivity contribution in [2.24, 2.45) is 0 Å². The lowest BCUT2D eigenvalue weighted by molar-refractivity contribution is -0.137. The van der Waals surface area contributed by atoms with E-state index in [1.165, 1.54) is 18.2 Å². The maximum Gasteiger partial charge on any atom is 0.418 e. The number of carbonyl (C=O) groups is 1. The lowest BCUT2D eigenvalue weighted by Crippen LogP contribution is -2.38. The Labute approximate surface area is 241 Å². The number of alkyl halides is 3. The minimum absolute atomic E-state index is 0.0192. The molecule has 4 rings (SSSR count). The summed E-state index contributed by atoms with van der Waals surface area (Å²) in [7, 11) is 0. The first-order valence-corrected chi connectivity index (χ1v) is 12.7. The molecule has 3 aromatic carbocycles. The molecule has 40 heavy (non-hydrogen) atoms. The average Bonchev–Trinajstić information content (AvgIpc) is 3.36. The third-order valence-electron chi connectivity index (χ3n) is 5.19. The summed E-state index contributed by atoms with van der Waals surface area (Å²) in [4.78, 5) is 13.4. The van der Waals surface area contributed by atoms with Crippen LogP contribution in [-0.4, -0.2) is 44.3 Å². The molecule has 0 fully saturated rings. The zero-order chi connectivity index (χ0) is 28.7. The fourth-order valence-electron chi connectivity index (χ4n) is 3.40. The molecule has 0 aliphatic rings. The van der Waals surface area contributed by atoms with E-state index in [-0.39, 0.29) is 36.3 Å². The molecule has 1 amide bonds. The average molecular weight is 610 g/mol. The number of nitrogens with zero attached hydrogens (tertiary/aromatic N) is 4. The predicted molar refractivity (Wildman–Crippen MR) is 148 cm³/mol. The molecule has 0 bridgehead atoms. The smallest absolute Gasteiger partial charge is 0.418 e. The first kappa shape index (κ1) is 29.1. The number of rotatable bonds is 9. The molecule has 15 heteroatoms. The van der Waals surface area contributed by atoms with E-state index in [1.807, 2.05) is 0 Å². The summed E-state index contributed by atoms with van der Waals surface area (Å²) in [5, 5.41) is 20.9. The summed E-state index contributed by atoms with van der Waals surface area (Å²) in [5.74, 6) is 0.623. The van der Waals surface area contributed by atoms with Crippen LogP contribution in [0, 0.1) is 0 Å². The number of carbonyl (C=O) groups excluding carboxylic acids is 1. The van der Waals surface area contributed by atoms with Crippen molar-refractivity contribution < 1.29 is 22.7 Å². The fourth-order valence-corrected chi connectivity index (χ4v) is 4.06. The first-order valence-electron chi connectivity index (χ1n) is 11.6. The van der Waals surface area contributed by atoms with E-state index in [0.29, 0.717) is 27.1 Å². The Kier molecular flexibility index (Phi) is 9.40. The van der Waals surface area contributed by atoms with Gasteiger partial charge in [-0.15, -0.1) is 10.2 Å². The van der Waals surface area contributed by atoms with Gasteiger partial charge in [-0.3, -0.25) is 4.79 Å². The third-order valence-corrected chi connectivity index (χ3v) is 5.97. The Balaban J connectivity index is 1.27. The first-order chi connectivity index (χ1) is 19.1. The van der Waals surface area contributed by atoms with E-state index in [0.717, 1.165) is 10.9 Å². The van der Waals surface area contributed by atoms with E-state index in [9.17, 15) is 18.0 Å². The van der Waals surface area contributed by atoms with Crippen LogP contribution in [0.3, 0.4) is 0 Å². The summed E-state index contributed by atoms with van der Waals surface area (Å²) in [6, 6.07) is 16.8. The molecular weight excluding hydrogens is 590 g/mol. The minimum Gasteiger partial charge on any atom is -0.455 e. The SMILES string of the molecule is O=C(Cn1nnc(-c2ccccc2Oc2ccc(Cl)cc2Cl)n1)NCCNC(=S)Nc1ccccc1C(F)(F)F. The number of benzene rings is 3. The second-order valence-electron chi connectivity index (χ2n) is 8.09. The molecule has 0 unspecified atom stereocenters. The molecule has 0 aliphatic heterocycles. The highest BCUT2D eigenvalue weighted by Crippen LogP contribution is 2.36. The van der Waals surface area contributed by atoms with Crippen molar-refractivity contribution in [3.63, 3.8) is 0 Å². The number of aromatic nitrogens is 4. The number of thiocarbonyl (C=S) groups is 1. The molecule has 0 atom stereocenters. The molecule has 9 nitrogen and oxygen atoms in total. The van der Waals surface area contributed by atoms with Crippen LogP contribution >= 0.6 is 35.4 Å². The predicted octanol–water partition coefficient (Wildman–Crippen LogP) is 5.56. The van der Waals surface area contributed by atoms with Gasteiger partial charge in [-0.2, -0.15) is 18.0 Å². The van der Waals surface area contributed by atoms with Crippen molar-refractivity contribution in [2.75, 3.05) is 18.4 Å². The molecule has 208 valence electrons. The highest BCUT2D eigenvalue weighted by Gasteiger charge is 2.33. The standard InChI is InChI=1S/C25H20Cl2F3N7O2S/c26-15-9-10-21(18(27)13-15)39-20-8-4-1-5-16(20)23-34-36-37(35-23)14-22(38)31-11-12-32-24(40)33-19-7-3-2-6-17(19)25(28,29)30/h1-10,13H,11-12,14H2,(H,31,38)(H2,32,33,40). The highest BCUT2D eigenvalue weighted by atomic mass is 35.5. The van der Waals surface area contributed by atoms with Gasteiger partial charge in [0.05, 0.1) is 21.8 Å². The zero-order valence-corrected chi connectivity index (χ0v) is 22.7. The van der Waals surface area contributed by atoms with Crippen molar-refractivity contribution in [2.45, 2.75) is 12.7 Å². The molecular formula is C25H20Cl2F3N7O2S. The minimum atomic E-state index is -4.53. The van der Waals surface area contributed by atoms with E-state index >= 15 is 0 Å². The normalized spacial score (nSPS) is 11.1. The van der Waals surface area contributed by atoms with Gasteiger partial charge in [0.2, 0.25) is 11.7 Å². The Hall–Kier alpha value is -3.94. The topological polar surface area (TPSA) is 106 Å². The van der Waals surface area contributed by atoms with Gasteiger partial charge in [-0.1, -0.05) is 47.5 Å². The number of para-hydroxylation sites is 2. The van der Waals surface area contributed by atoms with Crippen LogP contribution in [-0.2, 0) is 17.5 Å². The Morgan fingerprint density at radius 1 is 0.975 bits per heavy atom. The Morgan fingerprint density at radius 3 is 2.48 bits per heavy atom. The van der Waals surface area contributed by atoms with E-state index in [2.05, 4.69) is 31.4 Å². The van der Waals surface area contributed by atoms with Crippen LogP contribution < -0.4 is 20.7 Å². The lowest BCUT2D eigenvalue weighted by atomic mass is 10.2. The molecule has 0 saturated heterocycles. The van der Waals surface area contributed by atoms with Crippen molar-refractivity contribution in [1.29, 1.82) is 0 Å². The summed E-state index contributed by atoms with van der Waals surface area (Å²) in [6.07, 6.45) is -4.53. The Bertz CT molecular complexity index is 1520. The number of anilines is 1. The van der Waals surface area contributed by atoms with Gasteiger partial charge in [0, 0.05) is 18.1 Å². The van der Waals surface area contributed by atoms with Crippen LogP contribution in [0.15, 0.2) is 66.7 Å². The molecule has 3 N–H and O–H groups in total. The van der Waals surface area contributed by atoms with Crippen molar-refractivity contribution in [1.82, 2.24) is 30.8 Å². The van der Waals surface area contributed by atoms with Crippen molar-refractivity contribution in [3.05, 3.63) is 82.3 Å². The van der Waals surface area contributed by atoms with Gasteiger partial charge in [-0.05, 0) is 59.9 Å². The lowest BCUT2D eigenvalue weighted by Gasteiger charge is -2.15. The number of halogens is 5. The quantitative estimate of drug-likeness (QED) is 0.167. The molecule has 4 aromatic rings. The summed E-state index contributed by atoms with van der Waals surface area (Å²) in [5.41, 5.74) is -0.486. The van der Waals surface area contributed by atoms with E-state index < -0.39 is 17.6 Å². The monoisotopic (exact) mass is 609 g/mol. The third kappa shape index (κ3) is 7.81. The molecule has 0 saturated carbocycles. The Morgan fingerprint density at radius 2 is 1.70 bits per heavy atom. The number of nitrogens with one attached hydrogen (secondary N) is 3. The maximum absolute atomic E-state index is 13.1. The number of ether oxygens (including phenoxy) is 1. The van der Waals surface area contributed by atoms with Gasteiger partial charge in [0.15, 0.2) is 5.11 Å². The summed E-state index contributed by atoms with van der Waals surface area (Å²) in [6.45, 7) is 0.0854. The zero-order valence-electron chi connectivity index (χ0n) is 20.4. The second kappa shape index (κ2) is 12.9. The van der Waals surface area contributed by atoms with Gasteiger partial charge in [0.1, 0.15) is 18.0 Å². The second-order valence-corrected chi connectivity index (χ2v) is 9.34. The largest absolute Gasteiger partial charge is 0.455 e. The van der Waals surface area contributed by atoms with Crippen LogP contribution in [0.4, 0.5) is 18.9 Å². The van der Waals surface area contributed by atoms with E-state index in [1.54, 1.807) is 42.5 Å². The van der Waals surface area contributed by atoms with Crippen LogP contribution in [0.1, 0.15) is 5.56 Å². The van der Waals surface area contributed by atoms with Crippen LogP contribution in [0.5, 0.6) is 11.5 Å². The van der Waals surface area contributed by atoms with Crippen LogP contribution in [0.2, 0.25) is 10.0 Å². The van der Waals surface area contributed by atoms with Gasteiger partial charge in [-0.25, -0.2) is 0 Å². The molecule has 0 radical (unpaired) electrons. The molecule has 1 aromatic heterocycles. The molecule has 0 aliphatic carbocycles. The van der Waals surface area contributed by atoms with E-state index in [4.69, 9.17) is 40.2 Å².